The number of nitrogens with two attached hydrogens (primary N) is 1. The predicted octanol–water partition coefficient (Wildman–Crippen LogP) is 1.39. The second kappa shape index (κ2) is 4.45. The summed E-state index contributed by atoms with van der Waals surface area (Å²) in [5, 5.41) is 0. The van der Waals surface area contributed by atoms with E-state index in [1.807, 2.05) is 0 Å². The van der Waals surface area contributed by atoms with E-state index in [9.17, 15) is 18.0 Å². The minimum absolute atomic E-state index is 0.00882. The quantitative estimate of drug-likeness (QED) is 0.564. The molecule has 0 aliphatic rings. The van der Waals surface area contributed by atoms with Gasteiger partial charge in [0.25, 0.3) is 0 Å². The zero-order valence-corrected chi connectivity index (χ0v) is 7.73. The monoisotopic (exact) mass is 211 g/mol. The van der Waals surface area contributed by atoms with E-state index in [-0.39, 0.29) is 6.42 Å². The topological polar surface area (TPSA) is 52.3 Å². The molecular formula is C8H12F3NO2. The lowest BCUT2D eigenvalue weighted by molar-refractivity contribution is -0.205. The largest absolute Gasteiger partial charge is 0.467 e. The van der Waals surface area contributed by atoms with Crippen molar-refractivity contribution in [2.24, 2.45) is 5.73 Å². The lowest BCUT2D eigenvalue weighted by atomic mass is 9.94. The van der Waals surface area contributed by atoms with Gasteiger partial charge in [-0.05, 0) is 12.8 Å². The average Bonchev–Trinajstić information content (AvgIpc) is 2.10. The van der Waals surface area contributed by atoms with Crippen LogP contribution in [0.1, 0.15) is 12.8 Å². The van der Waals surface area contributed by atoms with E-state index in [0.717, 1.165) is 7.11 Å². The SMILES string of the molecule is C=CCC[C@](N)(C(=O)OC)C(F)(F)F. The summed E-state index contributed by atoms with van der Waals surface area (Å²) < 4.78 is 41.2. The van der Waals surface area contributed by atoms with Crippen LogP contribution < -0.4 is 5.73 Å². The standard InChI is InChI=1S/C8H12F3NO2/c1-3-4-5-7(12,6(13)14-2)8(9,10)11/h3H,1,4-5,12H2,2H3/t7-/m0/s1. The molecule has 0 aliphatic heterocycles. The molecule has 0 saturated heterocycles. The van der Waals surface area contributed by atoms with Gasteiger partial charge in [0, 0.05) is 0 Å². The van der Waals surface area contributed by atoms with Gasteiger partial charge in [-0.25, -0.2) is 4.79 Å². The molecule has 82 valence electrons. The Labute approximate surface area is 79.7 Å². The number of halogens is 3. The van der Waals surface area contributed by atoms with Gasteiger partial charge >= 0.3 is 12.1 Å². The molecule has 1 atom stereocenters. The molecule has 0 bridgehead atoms. The van der Waals surface area contributed by atoms with Gasteiger partial charge in [0.2, 0.25) is 5.54 Å². The summed E-state index contributed by atoms with van der Waals surface area (Å²) in [6.45, 7) is 3.26. The van der Waals surface area contributed by atoms with Crippen molar-refractivity contribution < 1.29 is 22.7 Å². The molecule has 0 amide bonds. The molecule has 0 heterocycles. The zero-order valence-electron chi connectivity index (χ0n) is 7.73. The lowest BCUT2D eigenvalue weighted by Crippen LogP contribution is -2.60. The first-order valence-electron chi connectivity index (χ1n) is 3.84. The molecular weight excluding hydrogens is 199 g/mol. The molecule has 2 N–H and O–H groups in total. The van der Waals surface area contributed by atoms with Crippen molar-refractivity contribution in [2.45, 2.75) is 24.6 Å². The summed E-state index contributed by atoms with van der Waals surface area (Å²) in [5.41, 5.74) is 2.03. The van der Waals surface area contributed by atoms with E-state index in [4.69, 9.17) is 5.73 Å². The first-order chi connectivity index (χ1) is 6.29. The fourth-order valence-corrected chi connectivity index (χ4v) is 0.871. The van der Waals surface area contributed by atoms with Gasteiger partial charge in [-0.3, -0.25) is 0 Å². The van der Waals surface area contributed by atoms with Gasteiger partial charge in [0.1, 0.15) is 0 Å². The highest BCUT2D eigenvalue weighted by atomic mass is 19.4. The molecule has 0 aromatic heterocycles. The number of carbonyl (C=O) groups excluding carboxylic acids is 1. The maximum absolute atomic E-state index is 12.4. The zero-order chi connectivity index (χ0) is 11.4. The normalized spacial score (nSPS) is 15.8. The van der Waals surface area contributed by atoms with Gasteiger partial charge < -0.3 is 10.5 Å². The van der Waals surface area contributed by atoms with Crippen LogP contribution >= 0.6 is 0 Å². The van der Waals surface area contributed by atoms with E-state index < -0.39 is 24.1 Å². The molecule has 0 aliphatic carbocycles. The average molecular weight is 211 g/mol. The van der Waals surface area contributed by atoms with Crippen molar-refractivity contribution in [3.63, 3.8) is 0 Å². The summed E-state index contributed by atoms with van der Waals surface area (Å²) >= 11 is 0. The van der Waals surface area contributed by atoms with E-state index in [1.165, 1.54) is 6.08 Å². The Kier molecular flexibility index (Phi) is 4.12. The van der Waals surface area contributed by atoms with Crippen molar-refractivity contribution in [1.29, 1.82) is 0 Å². The van der Waals surface area contributed by atoms with E-state index in [2.05, 4.69) is 11.3 Å². The molecule has 0 rings (SSSR count). The van der Waals surface area contributed by atoms with E-state index in [1.54, 1.807) is 0 Å². The fraction of sp³-hybridized carbons (Fsp3) is 0.625. The summed E-state index contributed by atoms with van der Waals surface area (Å²) in [7, 11) is 0.865. The van der Waals surface area contributed by atoms with Crippen LogP contribution in [0.4, 0.5) is 13.2 Å². The Morgan fingerprint density at radius 1 is 1.57 bits per heavy atom. The summed E-state index contributed by atoms with van der Waals surface area (Å²) in [4.78, 5) is 10.9. The third kappa shape index (κ3) is 2.47. The molecule has 0 spiro atoms. The highest BCUT2D eigenvalue weighted by molar-refractivity contribution is 5.81. The number of hydrogen-bond donors (Lipinski definition) is 1. The predicted molar refractivity (Wildman–Crippen MR) is 44.4 cm³/mol. The molecule has 14 heavy (non-hydrogen) atoms. The van der Waals surface area contributed by atoms with Crippen LogP contribution in [-0.4, -0.2) is 24.8 Å². The number of rotatable bonds is 4. The Morgan fingerprint density at radius 3 is 2.36 bits per heavy atom. The summed E-state index contributed by atoms with van der Waals surface area (Å²) in [6, 6.07) is 0. The van der Waals surface area contributed by atoms with Crippen molar-refractivity contribution in [1.82, 2.24) is 0 Å². The third-order valence-electron chi connectivity index (χ3n) is 1.80. The van der Waals surface area contributed by atoms with Crippen LogP contribution in [0.5, 0.6) is 0 Å². The maximum Gasteiger partial charge on any atom is 0.417 e. The Balaban J connectivity index is 4.85. The maximum atomic E-state index is 12.4. The van der Waals surface area contributed by atoms with E-state index in [0.29, 0.717) is 0 Å². The number of methoxy groups -OCH3 is 1. The fourth-order valence-electron chi connectivity index (χ4n) is 0.871. The highest BCUT2D eigenvalue weighted by Crippen LogP contribution is 2.33. The van der Waals surface area contributed by atoms with Gasteiger partial charge in [-0.15, -0.1) is 6.58 Å². The minimum Gasteiger partial charge on any atom is -0.467 e. The molecule has 0 aromatic carbocycles. The second-order valence-electron chi connectivity index (χ2n) is 2.79. The highest BCUT2D eigenvalue weighted by Gasteiger charge is 2.58. The van der Waals surface area contributed by atoms with Crippen molar-refractivity contribution >= 4 is 5.97 Å². The number of hydrogen-bond acceptors (Lipinski definition) is 3. The van der Waals surface area contributed by atoms with Crippen LogP contribution in [0.15, 0.2) is 12.7 Å². The molecule has 0 radical (unpaired) electrons. The molecule has 6 heteroatoms. The lowest BCUT2D eigenvalue weighted by Gasteiger charge is -2.28. The van der Waals surface area contributed by atoms with Gasteiger partial charge in [-0.1, -0.05) is 6.08 Å². The molecule has 0 saturated carbocycles. The van der Waals surface area contributed by atoms with Gasteiger partial charge in [-0.2, -0.15) is 13.2 Å². The second-order valence-corrected chi connectivity index (χ2v) is 2.79. The third-order valence-corrected chi connectivity index (χ3v) is 1.80. The molecule has 0 aromatic rings. The summed E-state index contributed by atoms with van der Waals surface area (Å²) in [6.07, 6.45) is -4.13. The smallest absolute Gasteiger partial charge is 0.417 e. The van der Waals surface area contributed by atoms with Crippen LogP contribution in [0.2, 0.25) is 0 Å². The van der Waals surface area contributed by atoms with Crippen molar-refractivity contribution in [3.05, 3.63) is 12.7 Å². The Hall–Kier alpha value is -1.04. The Bertz CT molecular complexity index is 227. The number of allylic oxidation sites excluding steroid dienone is 1. The van der Waals surface area contributed by atoms with E-state index >= 15 is 0 Å². The van der Waals surface area contributed by atoms with Crippen LogP contribution in [0.25, 0.3) is 0 Å². The Morgan fingerprint density at radius 2 is 2.07 bits per heavy atom. The number of alkyl halides is 3. The molecule has 0 fully saturated rings. The van der Waals surface area contributed by atoms with Crippen molar-refractivity contribution in [2.75, 3.05) is 7.11 Å². The minimum atomic E-state index is -4.82. The number of esters is 1. The summed E-state index contributed by atoms with van der Waals surface area (Å²) in [5.74, 6) is -1.48. The van der Waals surface area contributed by atoms with Crippen LogP contribution in [0.3, 0.4) is 0 Å². The number of ether oxygens (including phenoxy) is 1. The van der Waals surface area contributed by atoms with Gasteiger partial charge in [0.15, 0.2) is 0 Å². The molecule has 0 unspecified atom stereocenters. The first-order valence-corrected chi connectivity index (χ1v) is 3.84. The van der Waals surface area contributed by atoms with Crippen molar-refractivity contribution in [3.8, 4) is 0 Å². The van der Waals surface area contributed by atoms with Crippen LogP contribution in [-0.2, 0) is 9.53 Å². The number of carbonyl (C=O) groups is 1. The van der Waals surface area contributed by atoms with Gasteiger partial charge in [0.05, 0.1) is 7.11 Å². The van der Waals surface area contributed by atoms with Crippen LogP contribution in [0, 0.1) is 0 Å². The first kappa shape index (κ1) is 13.0. The molecule has 3 nitrogen and oxygen atoms in total.